The maximum atomic E-state index is 4.00. The maximum absolute atomic E-state index is 4.00. The van der Waals surface area contributed by atoms with E-state index in [4.69, 9.17) is 0 Å². The summed E-state index contributed by atoms with van der Waals surface area (Å²) in [5.74, 6) is 0. The van der Waals surface area contributed by atoms with Gasteiger partial charge in [0, 0.05) is 25.8 Å². The molecule has 1 nitrogen and oxygen atoms in total. The molecular weight excluding hydrogens is 279 g/mol. The van der Waals surface area contributed by atoms with Crippen molar-refractivity contribution in [1.82, 2.24) is 0 Å². The molecule has 0 fully saturated rings. The SMILES string of the molecule is [C-]1=CC=CC1.[CH2-]OC.[Hf]. The van der Waals surface area contributed by atoms with Gasteiger partial charge in [-0.25, -0.2) is 19.3 Å². The van der Waals surface area contributed by atoms with E-state index in [2.05, 4.69) is 24.0 Å². The first-order valence-corrected chi connectivity index (χ1v) is 2.41. The van der Waals surface area contributed by atoms with E-state index in [1.807, 2.05) is 12.2 Å². The monoisotopic (exact) mass is 290 g/mol. The smallest absolute Gasteiger partial charge is 0 e. The molecule has 2 heteroatoms. The fourth-order valence-electron chi connectivity index (χ4n) is 0.340. The Bertz CT molecular complexity index is 76.9. The summed E-state index contributed by atoms with van der Waals surface area (Å²) in [6, 6.07) is 0. The molecule has 0 bridgehead atoms. The second-order valence-corrected chi connectivity index (χ2v) is 1.29. The zero-order valence-corrected chi connectivity index (χ0v) is 9.15. The van der Waals surface area contributed by atoms with E-state index >= 15 is 0 Å². The van der Waals surface area contributed by atoms with Crippen molar-refractivity contribution < 1.29 is 30.6 Å². The average Bonchev–Trinajstić information content (AvgIpc) is 2.17. The molecular formula is C7H10HfO-2. The van der Waals surface area contributed by atoms with Crippen molar-refractivity contribution in [2.24, 2.45) is 0 Å². The number of ether oxygens (including phenoxy) is 1. The molecule has 0 heterocycles. The van der Waals surface area contributed by atoms with Gasteiger partial charge < -0.3 is 4.74 Å². The average molecular weight is 289 g/mol. The van der Waals surface area contributed by atoms with Crippen LogP contribution in [0.15, 0.2) is 18.2 Å². The quantitative estimate of drug-likeness (QED) is 0.487. The normalized spacial score (nSPS) is 11.8. The van der Waals surface area contributed by atoms with Crippen molar-refractivity contribution in [3.05, 3.63) is 31.4 Å². The largest absolute Gasteiger partial charge is 0.557 e. The molecule has 1 aliphatic rings. The molecule has 1 rings (SSSR count). The summed E-state index contributed by atoms with van der Waals surface area (Å²) in [5, 5.41) is 0. The van der Waals surface area contributed by atoms with Crippen molar-refractivity contribution in [3.63, 3.8) is 0 Å². The summed E-state index contributed by atoms with van der Waals surface area (Å²) in [6.07, 6.45) is 10.0. The van der Waals surface area contributed by atoms with E-state index in [0.29, 0.717) is 0 Å². The molecule has 0 saturated carbocycles. The topological polar surface area (TPSA) is 9.23 Å². The predicted octanol–water partition coefficient (Wildman–Crippen LogP) is 1.73. The third-order valence-electron chi connectivity index (χ3n) is 0.586. The predicted molar refractivity (Wildman–Crippen MR) is 33.9 cm³/mol. The van der Waals surface area contributed by atoms with Crippen LogP contribution in [0.3, 0.4) is 0 Å². The van der Waals surface area contributed by atoms with Crippen LogP contribution < -0.4 is 0 Å². The van der Waals surface area contributed by atoms with Crippen molar-refractivity contribution in [2.45, 2.75) is 6.42 Å². The Labute approximate surface area is 75.6 Å². The molecule has 0 aromatic rings. The van der Waals surface area contributed by atoms with Crippen LogP contribution in [0.25, 0.3) is 0 Å². The van der Waals surface area contributed by atoms with E-state index in [1.165, 1.54) is 7.11 Å². The van der Waals surface area contributed by atoms with Crippen LogP contribution in [-0.4, -0.2) is 7.11 Å². The standard InChI is InChI=1S/C5H5.C2H5O.Hf/c1-2-4-5-3-1;1-3-2;/h1-3H,4H2;1H2,2H3;/q2*-1;. The summed E-state index contributed by atoms with van der Waals surface area (Å²) in [4.78, 5) is 0. The van der Waals surface area contributed by atoms with E-state index in [1.54, 1.807) is 0 Å². The zero-order chi connectivity index (χ0) is 6.24. The first-order chi connectivity index (χ1) is 3.91. The van der Waals surface area contributed by atoms with E-state index in [9.17, 15) is 0 Å². The molecule has 0 amide bonds. The first-order valence-electron chi connectivity index (χ1n) is 2.41. The Balaban J connectivity index is 0. The molecule has 1 aliphatic carbocycles. The summed E-state index contributed by atoms with van der Waals surface area (Å²) in [7, 11) is 4.50. The minimum absolute atomic E-state index is 0. The van der Waals surface area contributed by atoms with Crippen molar-refractivity contribution >= 4 is 0 Å². The number of rotatable bonds is 0. The second kappa shape index (κ2) is 11.2. The molecule has 50 valence electrons. The van der Waals surface area contributed by atoms with E-state index in [-0.39, 0.29) is 25.8 Å². The molecule has 0 radical (unpaired) electrons. The van der Waals surface area contributed by atoms with Gasteiger partial charge in [-0.1, -0.05) is 0 Å². The van der Waals surface area contributed by atoms with Crippen LogP contribution in [-0.2, 0) is 30.6 Å². The van der Waals surface area contributed by atoms with Gasteiger partial charge in [0.05, 0.1) is 0 Å². The zero-order valence-electron chi connectivity index (χ0n) is 5.55. The van der Waals surface area contributed by atoms with Crippen LogP contribution in [0.1, 0.15) is 6.42 Å². The molecule has 9 heavy (non-hydrogen) atoms. The molecule has 0 saturated heterocycles. The Morgan fingerprint density at radius 3 is 2.33 bits per heavy atom. The number of hydrogen-bond acceptors (Lipinski definition) is 1. The van der Waals surface area contributed by atoms with Gasteiger partial charge in [-0.3, -0.25) is 6.08 Å². The number of allylic oxidation sites excluding steroid dienone is 4. The molecule has 0 unspecified atom stereocenters. The van der Waals surface area contributed by atoms with Crippen LogP contribution in [0.2, 0.25) is 0 Å². The van der Waals surface area contributed by atoms with Gasteiger partial charge in [0.15, 0.2) is 0 Å². The van der Waals surface area contributed by atoms with Gasteiger partial charge in [-0.2, -0.15) is 6.08 Å². The van der Waals surface area contributed by atoms with Gasteiger partial charge in [0.25, 0.3) is 0 Å². The number of hydrogen-bond donors (Lipinski definition) is 0. The summed E-state index contributed by atoms with van der Waals surface area (Å²) in [5.41, 5.74) is 0. The summed E-state index contributed by atoms with van der Waals surface area (Å²) < 4.78 is 4.00. The molecule has 0 aromatic carbocycles. The Morgan fingerprint density at radius 1 is 1.67 bits per heavy atom. The van der Waals surface area contributed by atoms with Crippen LogP contribution in [0.5, 0.6) is 0 Å². The van der Waals surface area contributed by atoms with Crippen molar-refractivity contribution in [2.75, 3.05) is 7.11 Å². The van der Waals surface area contributed by atoms with E-state index < -0.39 is 0 Å². The van der Waals surface area contributed by atoms with Crippen molar-refractivity contribution in [1.29, 1.82) is 0 Å². The summed E-state index contributed by atoms with van der Waals surface area (Å²) in [6.45, 7) is 0. The second-order valence-electron chi connectivity index (χ2n) is 1.29. The van der Waals surface area contributed by atoms with Gasteiger partial charge in [-0.05, 0) is 7.11 Å². The van der Waals surface area contributed by atoms with Crippen LogP contribution in [0.4, 0.5) is 0 Å². The van der Waals surface area contributed by atoms with Gasteiger partial charge in [0.2, 0.25) is 0 Å². The van der Waals surface area contributed by atoms with E-state index in [0.717, 1.165) is 6.42 Å². The first kappa shape index (κ1) is 12.0. The molecule has 0 N–H and O–H groups in total. The maximum Gasteiger partial charge on any atom is 0 e. The number of methoxy groups -OCH3 is 1. The Hall–Kier alpha value is 0.310. The molecule has 0 aliphatic heterocycles. The van der Waals surface area contributed by atoms with Crippen LogP contribution >= 0.6 is 0 Å². The third-order valence-corrected chi connectivity index (χ3v) is 0.586. The Morgan fingerprint density at radius 2 is 2.22 bits per heavy atom. The summed E-state index contributed by atoms with van der Waals surface area (Å²) >= 11 is 0. The molecule has 0 aromatic heterocycles. The fourth-order valence-corrected chi connectivity index (χ4v) is 0.340. The van der Waals surface area contributed by atoms with Gasteiger partial charge >= 0.3 is 0 Å². The Kier molecular flexibility index (Phi) is 14.9. The van der Waals surface area contributed by atoms with Gasteiger partial charge in [0.1, 0.15) is 0 Å². The van der Waals surface area contributed by atoms with Crippen molar-refractivity contribution in [3.8, 4) is 0 Å². The minimum atomic E-state index is 0. The van der Waals surface area contributed by atoms with Crippen LogP contribution in [0, 0.1) is 13.2 Å². The molecule has 0 spiro atoms. The minimum Gasteiger partial charge on any atom is -0.557 e. The molecule has 0 atom stereocenters. The fraction of sp³-hybridized carbons (Fsp3) is 0.286. The third kappa shape index (κ3) is 11.7. The van der Waals surface area contributed by atoms with Gasteiger partial charge in [-0.15, -0.1) is 6.42 Å².